The maximum atomic E-state index is 12.5. The Hall–Kier alpha value is -3.33. The summed E-state index contributed by atoms with van der Waals surface area (Å²) in [6.07, 6.45) is 4.49. The van der Waals surface area contributed by atoms with Crippen LogP contribution in [-0.2, 0) is 0 Å². The van der Waals surface area contributed by atoms with E-state index in [9.17, 15) is 9.59 Å². The first kappa shape index (κ1) is 19.4. The molecule has 6 nitrogen and oxygen atoms in total. The van der Waals surface area contributed by atoms with Crippen molar-refractivity contribution in [3.63, 3.8) is 0 Å². The van der Waals surface area contributed by atoms with Gasteiger partial charge in [0.15, 0.2) is 0 Å². The van der Waals surface area contributed by atoms with Gasteiger partial charge in [-0.3, -0.25) is 4.79 Å². The van der Waals surface area contributed by atoms with Crippen molar-refractivity contribution >= 4 is 23.3 Å². The minimum Gasteiger partial charge on any atom is -0.335 e. The Bertz CT molecular complexity index is 903. The van der Waals surface area contributed by atoms with Crippen LogP contribution in [0.15, 0.2) is 48.5 Å². The summed E-state index contributed by atoms with van der Waals surface area (Å²) < 4.78 is 0. The molecule has 144 valence electrons. The molecule has 1 fully saturated rings. The Morgan fingerprint density at radius 1 is 1.00 bits per heavy atom. The number of carbonyl (C=O) groups excluding carboxylic acids is 2. The zero-order valence-electron chi connectivity index (χ0n) is 15.9. The number of hydrogen-bond donors (Lipinski definition) is 3. The third-order valence-corrected chi connectivity index (χ3v) is 5.06. The predicted octanol–water partition coefficient (Wildman–Crippen LogP) is 4.51. The van der Waals surface area contributed by atoms with E-state index in [0.29, 0.717) is 28.4 Å². The van der Waals surface area contributed by atoms with Crippen LogP contribution in [0.25, 0.3) is 0 Å². The predicted molar refractivity (Wildman–Crippen MR) is 109 cm³/mol. The highest BCUT2D eigenvalue weighted by Crippen LogP contribution is 2.24. The van der Waals surface area contributed by atoms with Crippen molar-refractivity contribution in [3.05, 3.63) is 59.7 Å². The first-order valence-electron chi connectivity index (χ1n) is 9.54. The van der Waals surface area contributed by atoms with Crippen molar-refractivity contribution in [2.24, 2.45) is 5.92 Å². The van der Waals surface area contributed by atoms with Gasteiger partial charge in [0.1, 0.15) is 0 Å². The van der Waals surface area contributed by atoms with Gasteiger partial charge in [0, 0.05) is 23.0 Å². The van der Waals surface area contributed by atoms with Crippen LogP contribution in [-0.4, -0.2) is 18.0 Å². The molecule has 3 amide bonds. The topological polar surface area (TPSA) is 94.0 Å². The van der Waals surface area contributed by atoms with E-state index in [1.807, 2.05) is 6.07 Å². The average Bonchev–Trinajstić information content (AvgIpc) is 2.70. The number of anilines is 2. The lowest BCUT2D eigenvalue weighted by molar-refractivity contribution is 0.102. The second kappa shape index (κ2) is 9.05. The molecule has 0 saturated heterocycles. The maximum absolute atomic E-state index is 12.5. The Morgan fingerprint density at radius 3 is 2.46 bits per heavy atom. The fraction of sp³-hybridized carbons (Fsp3) is 0.318. The molecule has 3 N–H and O–H groups in total. The molecule has 28 heavy (non-hydrogen) atoms. The number of amides is 3. The fourth-order valence-electron chi connectivity index (χ4n) is 3.47. The van der Waals surface area contributed by atoms with Crippen LogP contribution >= 0.6 is 0 Å². The molecule has 1 saturated carbocycles. The van der Waals surface area contributed by atoms with Crippen LogP contribution in [0.4, 0.5) is 16.2 Å². The highest BCUT2D eigenvalue weighted by atomic mass is 16.2. The van der Waals surface area contributed by atoms with Crippen LogP contribution in [0.3, 0.4) is 0 Å². The standard InChI is InChI=1S/C22H24N4O2/c1-15-6-2-3-11-20(15)26-22(28)25-19-10-5-8-17(13-19)21(27)24-18-9-4-7-16(12-18)14-23/h4-5,7-10,12-13,15,20H,2-3,6,11H2,1H3,(H,24,27)(H2,25,26,28). The highest BCUT2D eigenvalue weighted by Gasteiger charge is 2.22. The summed E-state index contributed by atoms with van der Waals surface area (Å²) in [6.45, 7) is 2.16. The normalized spacial score (nSPS) is 18.6. The summed E-state index contributed by atoms with van der Waals surface area (Å²) in [5.41, 5.74) is 2.00. The lowest BCUT2D eigenvalue weighted by atomic mass is 9.86. The molecule has 2 atom stereocenters. The molecule has 0 heterocycles. The van der Waals surface area contributed by atoms with E-state index in [4.69, 9.17) is 5.26 Å². The molecule has 0 aromatic heterocycles. The summed E-state index contributed by atoms with van der Waals surface area (Å²) >= 11 is 0. The summed E-state index contributed by atoms with van der Waals surface area (Å²) in [7, 11) is 0. The summed E-state index contributed by atoms with van der Waals surface area (Å²) in [5.74, 6) is 0.167. The molecule has 1 aliphatic carbocycles. The van der Waals surface area contributed by atoms with Crippen LogP contribution < -0.4 is 16.0 Å². The van der Waals surface area contributed by atoms with Crippen molar-refractivity contribution < 1.29 is 9.59 Å². The SMILES string of the molecule is CC1CCCCC1NC(=O)Nc1cccc(C(=O)Nc2cccc(C#N)c2)c1. The first-order valence-corrected chi connectivity index (χ1v) is 9.54. The van der Waals surface area contributed by atoms with Gasteiger partial charge >= 0.3 is 6.03 Å². The van der Waals surface area contributed by atoms with Crippen LogP contribution in [0, 0.1) is 17.2 Å². The minimum atomic E-state index is -0.306. The summed E-state index contributed by atoms with van der Waals surface area (Å²) in [6, 6.07) is 15.5. The molecule has 2 unspecified atom stereocenters. The molecule has 0 bridgehead atoms. The molecule has 2 aromatic carbocycles. The lowest BCUT2D eigenvalue weighted by Crippen LogP contribution is -2.43. The lowest BCUT2D eigenvalue weighted by Gasteiger charge is -2.29. The van der Waals surface area contributed by atoms with Gasteiger partial charge in [-0.15, -0.1) is 0 Å². The van der Waals surface area contributed by atoms with E-state index in [-0.39, 0.29) is 18.0 Å². The zero-order chi connectivity index (χ0) is 19.9. The molecule has 6 heteroatoms. The van der Waals surface area contributed by atoms with Gasteiger partial charge in [0.2, 0.25) is 0 Å². The Morgan fingerprint density at radius 2 is 1.71 bits per heavy atom. The van der Waals surface area contributed by atoms with Crippen molar-refractivity contribution in [2.45, 2.75) is 38.6 Å². The number of nitriles is 1. The molecular weight excluding hydrogens is 352 g/mol. The van der Waals surface area contributed by atoms with Gasteiger partial charge in [-0.1, -0.05) is 31.9 Å². The third kappa shape index (κ3) is 5.10. The number of rotatable bonds is 4. The Balaban J connectivity index is 1.62. The largest absolute Gasteiger partial charge is 0.335 e. The van der Waals surface area contributed by atoms with E-state index >= 15 is 0 Å². The number of hydrogen-bond acceptors (Lipinski definition) is 3. The van der Waals surface area contributed by atoms with E-state index < -0.39 is 0 Å². The molecule has 0 spiro atoms. The number of urea groups is 1. The van der Waals surface area contributed by atoms with Gasteiger partial charge in [-0.2, -0.15) is 5.26 Å². The number of nitrogens with zero attached hydrogens (tertiary/aromatic N) is 1. The van der Waals surface area contributed by atoms with E-state index in [0.717, 1.165) is 19.3 Å². The zero-order valence-corrected chi connectivity index (χ0v) is 15.9. The van der Waals surface area contributed by atoms with Crippen LogP contribution in [0.2, 0.25) is 0 Å². The number of benzene rings is 2. The van der Waals surface area contributed by atoms with E-state index in [1.54, 1.807) is 48.5 Å². The van der Waals surface area contributed by atoms with E-state index in [2.05, 4.69) is 22.9 Å². The number of carbonyl (C=O) groups is 2. The quantitative estimate of drug-likeness (QED) is 0.733. The van der Waals surface area contributed by atoms with Gasteiger partial charge < -0.3 is 16.0 Å². The second-order valence-electron chi connectivity index (χ2n) is 7.19. The molecular formula is C22H24N4O2. The van der Waals surface area contributed by atoms with Gasteiger partial charge in [0.05, 0.1) is 11.6 Å². The van der Waals surface area contributed by atoms with Gasteiger partial charge in [-0.25, -0.2) is 4.79 Å². The summed E-state index contributed by atoms with van der Waals surface area (Å²) in [4.78, 5) is 24.8. The minimum absolute atomic E-state index is 0.188. The smallest absolute Gasteiger partial charge is 0.319 e. The second-order valence-corrected chi connectivity index (χ2v) is 7.19. The molecule has 0 radical (unpaired) electrons. The van der Waals surface area contributed by atoms with Crippen molar-refractivity contribution in [3.8, 4) is 6.07 Å². The molecule has 2 aromatic rings. The highest BCUT2D eigenvalue weighted by molar-refractivity contribution is 6.05. The molecule has 1 aliphatic rings. The van der Waals surface area contributed by atoms with Gasteiger partial charge in [-0.05, 0) is 55.2 Å². The summed E-state index contributed by atoms with van der Waals surface area (Å²) in [5, 5.41) is 17.6. The van der Waals surface area contributed by atoms with Crippen LogP contribution in [0.5, 0.6) is 0 Å². The van der Waals surface area contributed by atoms with Crippen molar-refractivity contribution in [1.29, 1.82) is 5.26 Å². The third-order valence-electron chi connectivity index (χ3n) is 5.06. The Kier molecular flexibility index (Phi) is 6.28. The molecule has 3 rings (SSSR count). The van der Waals surface area contributed by atoms with Crippen molar-refractivity contribution in [2.75, 3.05) is 10.6 Å². The fourth-order valence-corrected chi connectivity index (χ4v) is 3.47. The maximum Gasteiger partial charge on any atom is 0.319 e. The first-order chi connectivity index (χ1) is 13.5. The van der Waals surface area contributed by atoms with E-state index in [1.165, 1.54) is 6.42 Å². The average molecular weight is 376 g/mol. The number of nitrogens with one attached hydrogen (secondary N) is 3. The Labute approximate surface area is 164 Å². The van der Waals surface area contributed by atoms with Crippen LogP contribution in [0.1, 0.15) is 48.5 Å². The van der Waals surface area contributed by atoms with Gasteiger partial charge in [0.25, 0.3) is 5.91 Å². The molecule has 0 aliphatic heterocycles. The monoisotopic (exact) mass is 376 g/mol. The van der Waals surface area contributed by atoms with Crippen molar-refractivity contribution in [1.82, 2.24) is 5.32 Å².